The van der Waals surface area contributed by atoms with Gasteiger partial charge in [0.2, 0.25) is 5.91 Å². The van der Waals surface area contributed by atoms with Crippen molar-refractivity contribution in [2.24, 2.45) is 5.73 Å². The van der Waals surface area contributed by atoms with Crippen LogP contribution in [0.3, 0.4) is 0 Å². The van der Waals surface area contributed by atoms with Crippen LogP contribution in [0.4, 0.5) is 0 Å². The molecule has 1 amide bonds. The molecular weight excluding hydrogens is 248 g/mol. The zero-order valence-corrected chi connectivity index (χ0v) is 11.9. The Morgan fingerprint density at radius 1 is 1.00 bits per heavy atom. The summed E-state index contributed by atoms with van der Waals surface area (Å²) in [7, 11) is 3.49. The summed E-state index contributed by atoms with van der Waals surface area (Å²) >= 11 is 0. The number of hydrogen-bond donors (Lipinski definition) is 1. The Labute approximate surface area is 120 Å². The standard InChI is InChI=1S/C17H20N2O/c1-19(2)17(20)12-16(18)15-10-8-14(9-11-15)13-6-4-3-5-7-13/h3-11,16H,12,18H2,1-2H3. The first-order valence-corrected chi connectivity index (χ1v) is 6.69. The molecule has 3 nitrogen and oxygen atoms in total. The highest BCUT2D eigenvalue weighted by molar-refractivity contribution is 5.76. The molecule has 0 saturated heterocycles. The number of nitrogens with zero attached hydrogens (tertiary/aromatic N) is 1. The van der Waals surface area contributed by atoms with Crippen molar-refractivity contribution in [2.45, 2.75) is 12.5 Å². The number of rotatable bonds is 4. The smallest absolute Gasteiger partial charge is 0.223 e. The minimum absolute atomic E-state index is 0.0460. The molecule has 0 aliphatic heterocycles. The third-order valence-corrected chi connectivity index (χ3v) is 3.34. The molecule has 2 rings (SSSR count). The van der Waals surface area contributed by atoms with Gasteiger partial charge in [0, 0.05) is 26.6 Å². The van der Waals surface area contributed by atoms with Crippen LogP contribution >= 0.6 is 0 Å². The van der Waals surface area contributed by atoms with Crippen molar-refractivity contribution in [3.8, 4) is 11.1 Å². The Morgan fingerprint density at radius 3 is 2.10 bits per heavy atom. The van der Waals surface area contributed by atoms with E-state index in [0.717, 1.165) is 11.1 Å². The summed E-state index contributed by atoms with van der Waals surface area (Å²) in [5.41, 5.74) is 9.39. The maximum absolute atomic E-state index is 11.7. The largest absolute Gasteiger partial charge is 0.349 e. The molecule has 2 aromatic carbocycles. The van der Waals surface area contributed by atoms with Crippen LogP contribution < -0.4 is 5.73 Å². The number of nitrogens with two attached hydrogens (primary N) is 1. The van der Waals surface area contributed by atoms with Crippen molar-refractivity contribution in [1.82, 2.24) is 4.90 Å². The molecule has 104 valence electrons. The highest BCUT2D eigenvalue weighted by Crippen LogP contribution is 2.22. The molecule has 3 heteroatoms. The van der Waals surface area contributed by atoms with Gasteiger partial charge in [0.1, 0.15) is 0 Å². The Bertz CT molecular complexity index is 561. The molecule has 0 bridgehead atoms. The van der Waals surface area contributed by atoms with E-state index in [1.807, 2.05) is 42.5 Å². The molecule has 2 N–H and O–H groups in total. The van der Waals surface area contributed by atoms with Gasteiger partial charge in [0.25, 0.3) is 0 Å². The number of carbonyl (C=O) groups is 1. The zero-order valence-electron chi connectivity index (χ0n) is 11.9. The predicted molar refractivity (Wildman–Crippen MR) is 82.1 cm³/mol. The van der Waals surface area contributed by atoms with E-state index in [0.29, 0.717) is 6.42 Å². The lowest BCUT2D eigenvalue weighted by Crippen LogP contribution is -2.26. The zero-order chi connectivity index (χ0) is 14.5. The second-order valence-corrected chi connectivity index (χ2v) is 5.09. The summed E-state index contributed by atoms with van der Waals surface area (Å²) in [5, 5.41) is 0. The van der Waals surface area contributed by atoms with Gasteiger partial charge < -0.3 is 10.6 Å². The molecule has 1 atom stereocenters. The highest BCUT2D eigenvalue weighted by atomic mass is 16.2. The second-order valence-electron chi connectivity index (χ2n) is 5.09. The van der Waals surface area contributed by atoms with Gasteiger partial charge in [-0.15, -0.1) is 0 Å². The van der Waals surface area contributed by atoms with Gasteiger partial charge in [-0.2, -0.15) is 0 Å². The average molecular weight is 268 g/mol. The van der Waals surface area contributed by atoms with Gasteiger partial charge >= 0.3 is 0 Å². The van der Waals surface area contributed by atoms with Crippen LogP contribution in [0.15, 0.2) is 54.6 Å². The van der Waals surface area contributed by atoms with Crippen LogP contribution in [0, 0.1) is 0 Å². The Morgan fingerprint density at radius 2 is 1.55 bits per heavy atom. The fourth-order valence-electron chi connectivity index (χ4n) is 2.04. The van der Waals surface area contributed by atoms with Crippen molar-refractivity contribution in [3.63, 3.8) is 0 Å². The van der Waals surface area contributed by atoms with Crippen molar-refractivity contribution >= 4 is 5.91 Å². The molecule has 0 fully saturated rings. The molecular formula is C17H20N2O. The van der Waals surface area contributed by atoms with Crippen molar-refractivity contribution in [3.05, 3.63) is 60.2 Å². The van der Waals surface area contributed by atoms with Crippen LogP contribution in [0.5, 0.6) is 0 Å². The quantitative estimate of drug-likeness (QED) is 0.926. The minimum atomic E-state index is -0.255. The van der Waals surface area contributed by atoms with Gasteiger partial charge in [0.05, 0.1) is 0 Å². The Hall–Kier alpha value is -2.13. The maximum atomic E-state index is 11.7. The van der Waals surface area contributed by atoms with Crippen molar-refractivity contribution in [1.29, 1.82) is 0 Å². The minimum Gasteiger partial charge on any atom is -0.349 e. The first-order chi connectivity index (χ1) is 9.58. The molecule has 0 spiro atoms. The van der Waals surface area contributed by atoms with Crippen molar-refractivity contribution < 1.29 is 4.79 Å². The van der Waals surface area contributed by atoms with Crippen LogP contribution in [0.2, 0.25) is 0 Å². The van der Waals surface area contributed by atoms with E-state index in [1.54, 1.807) is 19.0 Å². The van der Waals surface area contributed by atoms with E-state index >= 15 is 0 Å². The molecule has 0 aromatic heterocycles. The molecule has 1 unspecified atom stereocenters. The Balaban J connectivity index is 2.10. The van der Waals surface area contributed by atoms with E-state index in [-0.39, 0.29) is 11.9 Å². The molecule has 20 heavy (non-hydrogen) atoms. The maximum Gasteiger partial charge on any atom is 0.223 e. The molecule has 0 saturated carbocycles. The fourth-order valence-corrected chi connectivity index (χ4v) is 2.04. The van der Waals surface area contributed by atoms with Crippen molar-refractivity contribution in [2.75, 3.05) is 14.1 Å². The average Bonchev–Trinajstić information content (AvgIpc) is 2.48. The topological polar surface area (TPSA) is 46.3 Å². The lowest BCUT2D eigenvalue weighted by atomic mass is 9.99. The van der Waals surface area contributed by atoms with Crippen LogP contribution in [-0.4, -0.2) is 24.9 Å². The monoisotopic (exact) mass is 268 g/mol. The first-order valence-electron chi connectivity index (χ1n) is 6.69. The number of amides is 1. The normalized spacial score (nSPS) is 11.9. The molecule has 0 aliphatic carbocycles. The van der Waals surface area contributed by atoms with E-state index < -0.39 is 0 Å². The molecule has 0 radical (unpaired) electrons. The third-order valence-electron chi connectivity index (χ3n) is 3.34. The summed E-state index contributed by atoms with van der Waals surface area (Å²) < 4.78 is 0. The predicted octanol–water partition coefficient (Wildman–Crippen LogP) is 2.83. The summed E-state index contributed by atoms with van der Waals surface area (Å²) in [6, 6.07) is 18.0. The summed E-state index contributed by atoms with van der Waals surface area (Å²) in [6.45, 7) is 0. The highest BCUT2D eigenvalue weighted by Gasteiger charge is 2.13. The van der Waals surface area contributed by atoms with Gasteiger partial charge in [-0.1, -0.05) is 54.6 Å². The van der Waals surface area contributed by atoms with E-state index in [9.17, 15) is 4.79 Å². The second kappa shape index (κ2) is 6.35. The number of carbonyl (C=O) groups excluding carboxylic acids is 1. The van der Waals surface area contributed by atoms with Gasteiger partial charge in [-0.3, -0.25) is 4.79 Å². The van der Waals surface area contributed by atoms with E-state index in [4.69, 9.17) is 5.73 Å². The van der Waals surface area contributed by atoms with Gasteiger partial charge in [-0.25, -0.2) is 0 Å². The summed E-state index contributed by atoms with van der Waals surface area (Å²) in [5.74, 6) is 0.0460. The molecule has 0 aliphatic rings. The Kier molecular flexibility index (Phi) is 4.53. The van der Waals surface area contributed by atoms with Gasteiger partial charge in [0.15, 0.2) is 0 Å². The van der Waals surface area contributed by atoms with Gasteiger partial charge in [-0.05, 0) is 16.7 Å². The number of hydrogen-bond acceptors (Lipinski definition) is 2. The summed E-state index contributed by atoms with van der Waals surface area (Å²) in [6.07, 6.45) is 0.331. The van der Waals surface area contributed by atoms with Crippen LogP contribution in [-0.2, 0) is 4.79 Å². The molecule has 2 aromatic rings. The lowest BCUT2D eigenvalue weighted by molar-refractivity contribution is -0.129. The molecule has 0 heterocycles. The lowest BCUT2D eigenvalue weighted by Gasteiger charge is -2.15. The number of benzene rings is 2. The summed E-state index contributed by atoms with van der Waals surface area (Å²) in [4.78, 5) is 13.2. The SMILES string of the molecule is CN(C)C(=O)CC(N)c1ccc(-c2ccccc2)cc1. The van der Waals surface area contributed by atoms with Crippen LogP contribution in [0.25, 0.3) is 11.1 Å². The van der Waals surface area contributed by atoms with E-state index in [2.05, 4.69) is 12.1 Å². The van der Waals surface area contributed by atoms with Crippen LogP contribution in [0.1, 0.15) is 18.0 Å². The first kappa shape index (κ1) is 14.3. The third kappa shape index (κ3) is 3.45. The fraction of sp³-hybridized carbons (Fsp3) is 0.235. The van der Waals surface area contributed by atoms with E-state index in [1.165, 1.54) is 5.56 Å².